The molecule has 33 heavy (non-hydrogen) atoms. The Hall–Kier alpha value is -2.60. The maximum absolute atomic E-state index is 13.6. The van der Waals surface area contributed by atoms with Gasteiger partial charge in [0.1, 0.15) is 11.8 Å². The number of nitriles is 1. The largest absolute Gasteiger partial charge is 0.424 e. The van der Waals surface area contributed by atoms with Crippen LogP contribution in [0.15, 0.2) is 42.5 Å². The van der Waals surface area contributed by atoms with Gasteiger partial charge in [0.2, 0.25) is 0 Å². The Bertz CT molecular complexity index is 948. The van der Waals surface area contributed by atoms with Crippen LogP contribution in [0.1, 0.15) is 101 Å². The number of rotatable bonds is 10. The van der Waals surface area contributed by atoms with Crippen LogP contribution in [0.3, 0.4) is 0 Å². The highest BCUT2D eigenvalue weighted by Gasteiger charge is 2.43. The Morgan fingerprint density at radius 3 is 2.36 bits per heavy atom. The summed E-state index contributed by atoms with van der Waals surface area (Å²) in [5.41, 5.74) is 3.32. The number of carbonyl (C=O) groups excluding carboxylic acids is 1. The third-order valence-corrected chi connectivity index (χ3v) is 7.32. The molecule has 3 heteroatoms. The molecule has 2 aromatic rings. The maximum atomic E-state index is 13.6. The van der Waals surface area contributed by atoms with E-state index in [1.54, 1.807) is 0 Å². The summed E-state index contributed by atoms with van der Waals surface area (Å²) in [5.74, 6) is 0.726. The number of ether oxygens (including phenoxy) is 1. The number of carbonyl (C=O) groups is 1. The van der Waals surface area contributed by atoms with Gasteiger partial charge in [-0.25, -0.2) is 0 Å². The summed E-state index contributed by atoms with van der Waals surface area (Å²) in [6, 6.07) is 16.6. The Balaban J connectivity index is 1.82. The van der Waals surface area contributed by atoms with Gasteiger partial charge < -0.3 is 4.74 Å². The van der Waals surface area contributed by atoms with Crippen LogP contribution < -0.4 is 4.74 Å². The van der Waals surface area contributed by atoms with Crippen molar-refractivity contribution in [2.24, 2.45) is 5.92 Å². The Morgan fingerprint density at radius 1 is 1.03 bits per heavy atom. The Labute approximate surface area is 200 Å². The minimum atomic E-state index is -0.623. The molecular formula is C30H39NO2. The predicted molar refractivity (Wildman–Crippen MR) is 134 cm³/mol. The number of esters is 1. The third-order valence-electron chi connectivity index (χ3n) is 7.32. The summed E-state index contributed by atoms with van der Waals surface area (Å²) < 4.78 is 5.97. The van der Waals surface area contributed by atoms with Crippen molar-refractivity contribution in [3.63, 3.8) is 0 Å². The zero-order valence-electron chi connectivity index (χ0n) is 20.7. The lowest BCUT2D eigenvalue weighted by atomic mass is 9.69. The molecule has 0 N–H and O–H groups in total. The van der Waals surface area contributed by atoms with Crippen molar-refractivity contribution in [2.45, 2.75) is 96.8 Å². The van der Waals surface area contributed by atoms with E-state index < -0.39 is 5.41 Å². The van der Waals surface area contributed by atoms with Gasteiger partial charge >= 0.3 is 5.97 Å². The molecule has 0 bridgehead atoms. The van der Waals surface area contributed by atoms with E-state index in [9.17, 15) is 10.1 Å². The molecule has 176 valence electrons. The van der Waals surface area contributed by atoms with Crippen molar-refractivity contribution in [3.05, 3.63) is 64.7 Å². The molecular weight excluding hydrogens is 406 g/mol. The van der Waals surface area contributed by atoms with E-state index in [1.807, 2.05) is 18.2 Å². The first-order valence-corrected chi connectivity index (χ1v) is 12.9. The zero-order chi connectivity index (χ0) is 23.7. The quantitative estimate of drug-likeness (QED) is 0.214. The molecule has 1 unspecified atom stereocenters. The highest BCUT2D eigenvalue weighted by molar-refractivity contribution is 5.85. The number of unbranched alkanes of at least 4 members (excludes halogenated alkanes) is 2. The number of aryl methyl sites for hydroxylation is 1. The average molecular weight is 446 g/mol. The van der Waals surface area contributed by atoms with E-state index in [0.29, 0.717) is 17.2 Å². The highest BCUT2D eigenvalue weighted by atomic mass is 16.5. The van der Waals surface area contributed by atoms with Gasteiger partial charge in [-0.2, -0.15) is 5.26 Å². The SMILES string of the molecule is CCCCCc1ccc(C2(C(=O)Oc3ccc(CC(C)CC)cc3C#N)CCCCC2)cc1. The summed E-state index contributed by atoms with van der Waals surface area (Å²) in [4.78, 5) is 13.6. The molecule has 3 rings (SSSR count). The molecule has 0 amide bonds. The lowest BCUT2D eigenvalue weighted by Gasteiger charge is -2.35. The predicted octanol–water partition coefficient (Wildman–Crippen LogP) is 7.69. The topological polar surface area (TPSA) is 50.1 Å². The van der Waals surface area contributed by atoms with Crippen LogP contribution in [0, 0.1) is 17.2 Å². The molecule has 0 heterocycles. The van der Waals surface area contributed by atoms with Crippen LogP contribution in [0.25, 0.3) is 0 Å². The van der Waals surface area contributed by atoms with Crippen molar-refractivity contribution in [1.82, 2.24) is 0 Å². The molecule has 1 aliphatic rings. The molecule has 3 nitrogen and oxygen atoms in total. The van der Waals surface area contributed by atoms with Gasteiger partial charge in [0.05, 0.1) is 11.0 Å². The second-order valence-electron chi connectivity index (χ2n) is 9.85. The van der Waals surface area contributed by atoms with E-state index >= 15 is 0 Å². The van der Waals surface area contributed by atoms with Crippen LogP contribution in [0.4, 0.5) is 0 Å². The van der Waals surface area contributed by atoms with Crippen molar-refractivity contribution in [2.75, 3.05) is 0 Å². The van der Waals surface area contributed by atoms with Gasteiger partial charge in [-0.05, 0) is 66.8 Å². The van der Waals surface area contributed by atoms with Gasteiger partial charge in [-0.1, -0.05) is 89.6 Å². The average Bonchev–Trinajstić information content (AvgIpc) is 2.85. The molecule has 2 aromatic carbocycles. The van der Waals surface area contributed by atoms with E-state index in [-0.39, 0.29) is 5.97 Å². The number of hydrogen-bond acceptors (Lipinski definition) is 3. The maximum Gasteiger partial charge on any atom is 0.321 e. The first-order valence-electron chi connectivity index (χ1n) is 12.9. The van der Waals surface area contributed by atoms with Gasteiger partial charge in [0.25, 0.3) is 0 Å². The summed E-state index contributed by atoms with van der Waals surface area (Å²) in [6.07, 6.45) is 11.6. The van der Waals surface area contributed by atoms with Gasteiger partial charge in [0, 0.05) is 0 Å². The summed E-state index contributed by atoms with van der Waals surface area (Å²) in [7, 11) is 0. The van der Waals surface area contributed by atoms with E-state index in [4.69, 9.17) is 4.74 Å². The number of hydrogen-bond donors (Lipinski definition) is 0. The van der Waals surface area contributed by atoms with E-state index in [1.165, 1.54) is 24.8 Å². The first kappa shape index (κ1) is 25.0. The fourth-order valence-electron chi connectivity index (χ4n) is 4.96. The molecule has 0 spiro atoms. The Morgan fingerprint density at radius 2 is 1.73 bits per heavy atom. The van der Waals surface area contributed by atoms with E-state index in [2.05, 4.69) is 51.1 Å². The second kappa shape index (κ2) is 12.0. The van der Waals surface area contributed by atoms with E-state index in [0.717, 1.165) is 62.5 Å². The standard InChI is InChI=1S/C30H39NO2/c1-4-6-8-11-24-12-15-27(16-13-24)30(18-9-7-10-19-30)29(32)33-28-17-14-25(20-23(3)5-2)21-26(28)22-31/h12-17,21,23H,4-11,18-20H2,1-3H3. The van der Waals surface area contributed by atoms with Crippen LogP contribution >= 0.6 is 0 Å². The molecule has 1 atom stereocenters. The molecule has 0 aliphatic heterocycles. The zero-order valence-corrected chi connectivity index (χ0v) is 20.7. The lowest BCUT2D eigenvalue weighted by molar-refractivity contribution is -0.142. The lowest BCUT2D eigenvalue weighted by Crippen LogP contribution is -2.41. The van der Waals surface area contributed by atoms with Crippen LogP contribution in [-0.2, 0) is 23.1 Å². The normalized spacial score (nSPS) is 16.1. The molecule has 1 aliphatic carbocycles. The summed E-state index contributed by atoms with van der Waals surface area (Å²) in [6.45, 7) is 6.60. The summed E-state index contributed by atoms with van der Waals surface area (Å²) in [5, 5.41) is 9.72. The fraction of sp³-hybridized carbons (Fsp3) is 0.533. The van der Waals surface area contributed by atoms with Gasteiger partial charge in [-0.15, -0.1) is 0 Å². The summed E-state index contributed by atoms with van der Waals surface area (Å²) >= 11 is 0. The van der Waals surface area contributed by atoms with Crippen molar-refractivity contribution < 1.29 is 9.53 Å². The van der Waals surface area contributed by atoms with Crippen LogP contribution in [0.2, 0.25) is 0 Å². The molecule has 0 saturated heterocycles. The molecule has 0 aromatic heterocycles. The number of benzene rings is 2. The highest BCUT2D eigenvalue weighted by Crippen LogP contribution is 2.41. The molecule has 1 saturated carbocycles. The number of nitrogens with zero attached hydrogens (tertiary/aromatic N) is 1. The van der Waals surface area contributed by atoms with Gasteiger partial charge in [0.15, 0.2) is 0 Å². The van der Waals surface area contributed by atoms with Crippen LogP contribution in [-0.4, -0.2) is 5.97 Å². The molecule has 0 radical (unpaired) electrons. The smallest absolute Gasteiger partial charge is 0.321 e. The van der Waals surface area contributed by atoms with Crippen molar-refractivity contribution >= 4 is 5.97 Å². The first-order chi connectivity index (χ1) is 16.0. The van der Waals surface area contributed by atoms with Crippen molar-refractivity contribution in [1.29, 1.82) is 5.26 Å². The minimum Gasteiger partial charge on any atom is -0.424 e. The third kappa shape index (κ3) is 6.26. The second-order valence-corrected chi connectivity index (χ2v) is 9.85. The van der Waals surface area contributed by atoms with Gasteiger partial charge in [-0.3, -0.25) is 4.79 Å². The molecule has 1 fully saturated rings. The minimum absolute atomic E-state index is 0.216. The fourth-order valence-corrected chi connectivity index (χ4v) is 4.96. The van der Waals surface area contributed by atoms with Crippen molar-refractivity contribution in [3.8, 4) is 11.8 Å². The monoisotopic (exact) mass is 445 g/mol. The Kier molecular flexibility index (Phi) is 9.12. The van der Waals surface area contributed by atoms with Crippen LogP contribution in [0.5, 0.6) is 5.75 Å².